The zero-order chi connectivity index (χ0) is 10.8. The molecule has 1 aromatic carbocycles. The van der Waals surface area contributed by atoms with Crippen molar-refractivity contribution in [3.8, 4) is 11.1 Å². The van der Waals surface area contributed by atoms with E-state index in [0.717, 1.165) is 5.56 Å². The molecule has 1 heterocycles. The number of H-pyrrole nitrogens is 1. The van der Waals surface area contributed by atoms with Gasteiger partial charge in [-0.1, -0.05) is 30.3 Å². The van der Waals surface area contributed by atoms with Gasteiger partial charge in [0.2, 0.25) is 0 Å². The second-order valence-corrected chi connectivity index (χ2v) is 3.78. The fourth-order valence-electron chi connectivity index (χ4n) is 1.37. The van der Waals surface area contributed by atoms with E-state index in [0.29, 0.717) is 10.2 Å². The maximum absolute atomic E-state index is 11.1. The number of benzene rings is 1. The van der Waals surface area contributed by atoms with E-state index in [1.165, 1.54) is 0 Å². The minimum Gasteiger partial charge on any atom is -0.364 e. The Bertz CT molecular complexity index is 493. The number of hydrogen-bond acceptors (Lipinski definition) is 2. The number of rotatable bonds is 2. The van der Waals surface area contributed by atoms with Gasteiger partial charge in [0.1, 0.15) is 4.60 Å². The van der Waals surface area contributed by atoms with Crippen LogP contribution in [0.5, 0.6) is 0 Å². The highest BCUT2D eigenvalue weighted by atomic mass is 79.9. The molecule has 1 aromatic heterocycles. The smallest absolute Gasteiger partial charge is 0.269 e. The van der Waals surface area contributed by atoms with Gasteiger partial charge in [-0.15, -0.1) is 0 Å². The van der Waals surface area contributed by atoms with Crippen LogP contribution in [-0.2, 0) is 0 Å². The summed E-state index contributed by atoms with van der Waals surface area (Å²) in [5.74, 6) is -0.546. The predicted molar refractivity (Wildman–Crippen MR) is 60.2 cm³/mol. The van der Waals surface area contributed by atoms with Gasteiger partial charge < -0.3 is 5.73 Å². The zero-order valence-corrected chi connectivity index (χ0v) is 9.28. The topological polar surface area (TPSA) is 71.8 Å². The molecule has 0 spiro atoms. The molecular formula is C10H8BrN3O. The van der Waals surface area contributed by atoms with E-state index in [2.05, 4.69) is 26.1 Å². The van der Waals surface area contributed by atoms with Crippen molar-refractivity contribution in [1.29, 1.82) is 0 Å². The number of amides is 1. The van der Waals surface area contributed by atoms with Gasteiger partial charge in [-0.05, 0) is 21.5 Å². The number of nitrogens with zero attached hydrogens (tertiary/aromatic N) is 1. The summed E-state index contributed by atoms with van der Waals surface area (Å²) in [6.45, 7) is 0. The molecule has 2 rings (SSSR count). The Balaban J connectivity index is 2.62. The summed E-state index contributed by atoms with van der Waals surface area (Å²) < 4.78 is 0.655. The van der Waals surface area contributed by atoms with Crippen molar-refractivity contribution in [1.82, 2.24) is 10.2 Å². The number of halogens is 1. The average Bonchev–Trinajstić information content (AvgIpc) is 2.61. The molecule has 0 saturated carbocycles. The van der Waals surface area contributed by atoms with E-state index in [4.69, 9.17) is 5.73 Å². The van der Waals surface area contributed by atoms with Crippen molar-refractivity contribution in [2.75, 3.05) is 0 Å². The van der Waals surface area contributed by atoms with Crippen LogP contribution in [0.25, 0.3) is 11.1 Å². The summed E-state index contributed by atoms with van der Waals surface area (Å²) in [5, 5.41) is 6.53. The van der Waals surface area contributed by atoms with Gasteiger partial charge in [0, 0.05) is 5.56 Å². The molecule has 15 heavy (non-hydrogen) atoms. The van der Waals surface area contributed by atoms with E-state index in [-0.39, 0.29) is 5.69 Å². The molecule has 5 heteroatoms. The largest absolute Gasteiger partial charge is 0.364 e. The molecule has 0 bridgehead atoms. The van der Waals surface area contributed by atoms with Gasteiger partial charge in [0.15, 0.2) is 5.69 Å². The molecule has 4 nitrogen and oxygen atoms in total. The lowest BCUT2D eigenvalue weighted by molar-refractivity contribution is 0.0996. The molecule has 2 aromatic rings. The number of primary amides is 1. The Kier molecular flexibility index (Phi) is 2.55. The van der Waals surface area contributed by atoms with Crippen LogP contribution in [0.4, 0.5) is 0 Å². The van der Waals surface area contributed by atoms with Crippen molar-refractivity contribution in [3.63, 3.8) is 0 Å². The van der Waals surface area contributed by atoms with Crippen LogP contribution >= 0.6 is 15.9 Å². The molecule has 0 saturated heterocycles. The van der Waals surface area contributed by atoms with Crippen LogP contribution < -0.4 is 5.73 Å². The molecular weight excluding hydrogens is 258 g/mol. The van der Waals surface area contributed by atoms with E-state index in [9.17, 15) is 4.79 Å². The SMILES string of the molecule is NC(=O)c1n[nH]c(Br)c1-c1ccccc1. The second kappa shape index (κ2) is 3.86. The highest BCUT2D eigenvalue weighted by Crippen LogP contribution is 2.29. The van der Waals surface area contributed by atoms with Crippen LogP contribution in [0.1, 0.15) is 10.5 Å². The third-order valence-corrected chi connectivity index (χ3v) is 2.59. The normalized spacial score (nSPS) is 10.2. The van der Waals surface area contributed by atoms with Crippen LogP contribution in [-0.4, -0.2) is 16.1 Å². The predicted octanol–water partition coefficient (Wildman–Crippen LogP) is 1.94. The van der Waals surface area contributed by atoms with Crippen LogP contribution in [0.15, 0.2) is 34.9 Å². The van der Waals surface area contributed by atoms with Crippen molar-refractivity contribution >= 4 is 21.8 Å². The summed E-state index contributed by atoms with van der Waals surface area (Å²) in [6.07, 6.45) is 0. The molecule has 0 radical (unpaired) electrons. The van der Waals surface area contributed by atoms with Gasteiger partial charge in [-0.3, -0.25) is 9.89 Å². The monoisotopic (exact) mass is 265 g/mol. The van der Waals surface area contributed by atoms with Gasteiger partial charge >= 0.3 is 0 Å². The third-order valence-electron chi connectivity index (χ3n) is 2.02. The minimum atomic E-state index is -0.546. The van der Waals surface area contributed by atoms with Crippen molar-refractivity contribution < 1.29 is 4.79 Å². The first kappa shape index (κ1) is 9.92. The summed E-state index contributed by atoms with van der Waals surface area (Å²) in [7, 11) is 0. The maximum Gasteiger partial charge on any atom is 0.269 e. The second-order valence-electron chi connectivity index (χ2n) is 2.99. The number of aromatic amines is 1. The lowest BCUT2D eigenvalue weighted by Crippen LogP contribution is -2.12. The first-order chi connectivity index (χ1) is 7.20. The highest BCUT2D eigenvalue weighted by Gasteiger charge is 2.16. The number of nitrogens with one attached hydrogen (secondary N) is 1. The quantitative estimate of drug-likeness (QED) is 0.871. The Morgan fingerprint density at radius 2 is 2.00 bits per heavy atom. The fourth-order valence-corrected chi connectivity index (χ4v) is 1.87. The van der Waals surface area contributed by atoms with Crippen LogP contribution in [0, 0.1) is 0 Å². The third kappa shape index (κ3) is 1.78. The molecule has 0 atom stereocenters. The lowest BCUT2D eigenvalue weighted by atomic mass is 10.1. The molecule has 0 unspecified atom stereocenters. The van der Waals surface area contributed by atoms with E-state index < -0.39 is 5.91 Å². The average molecular weight is 266 g/mol. The summed E-state index contributed by atoms with van der Waals surface area (Å²) >= 11 is 3.30. The molecule has 3 N–H and O–H groups in total. The molecule has 0 fully saturated rings. The molecule has 1 amide bonds. The number of carbonyl (C=O) groups excluding carboxylic acids is 1. The summed E-state index contributed by atoms with van der Waals surface area (Å²) in [4.78, 5) is 11.1. The van der Waals surface area contributed by atoms with Crippen LogP contribution in [0.3, 0.4) is 0 Å². The Morgan fingerprint density at radius 1 is 1.33 bits per heavy atom. The first-order valence-electron chi connectivity index (χ1n) is 4.29. The summed E-state index contributed by atoms with van der Waals surface area (Å²) in [5.41, 5.74) is 7.06. The highest BCUT2D eigenvalue weighted by molar-refractivity contribution is 9.10. The zero-order valence-electron chi connectivity index (χ0n) is 7.70. The van der Waals surface area contributed by atoms with E-state index >= 15 is 0 Å². The van der Waals surface area contributed by atoms with E-state index in [1.54, 1.807) is 0 Å². The van der Waals surface area contributed by atoms with Crippen molar-refractivity contribution in [3.05, 3.63) is 40.6 Å². The standard InChI is InChI=1S/C10H8BrN3O/c11-9-7(6-4-2-1-3-5-6)8(10(12)15)13-14-9/h1-5H,(H2,12,15)(H,13,14). The summed E-state index contributed by atoms with van der Waals surface area (Å²) in [6, 6.07) is 9.46. The van der Waals surface area contributed by atoms with E-state index in [1.807, 2.05) is 30.3 Å². The number of nitrogens with two attached hydrogens (primary N) is 1. The van der Waals surface area contributed by atoms with Crippen LogP contribution in [0.2, 0.25) is 0 Å². The Hall–Kier alpha value is -1.62. The number of hydrogen-bond donors (Lipinski definition) is 2. The van der Waals surface area contributed by atoms with Crippen molar-refractivity contribution in [2.24, 2.45) is 5.73 Å². The molecule has 76 valence electrons. The first-order valence-corrected chi connectivity index (χ1v) is 5.08. The maximum atomic E-state index is 11.1. The minimum absolute atomic E-state index is 0.244. The molecule has 0 aliphatic rings. The fraction of sp³-hybridized carbons (Fsp3) is 0. The lowest BCUT2D eigenvalue weighted by Gasteiger charge is -1.99. The van der Waals surface area contributed by atoms with Crippen molar-refractivity contribution in [2.45, 2.75) is 0 Å². The van der Waals surface area contributed by atoms with Gasteiger partial charge in [-0.2, -0.15) is 5.10 Å². The van der Waals surface area contributed by atoms with Gasteiger partial charge in [-0.25, -0.2) is 0 Å². The Morgan fingerprint density at radius 3 is 2.60 bits per heavy atom. The van der Waals surface area contributed by atoms with Gasteiger partial charge in [0.25, 0.3) is 5.91 Å². The molecule has 0 aliphatic heterocycles. The Labute approximate surface area is 94.6 Å². The number of carbonyl (C=O) groups is 1. The molecule has 0 aliphatic carbocycles. The number of aromatic nitrogens is 2. The van der Waals surface area contributed by atoms with Gasteiger partial charge in [0.05, 0.1) is 0 Å².